The average Bonchev–Trinajstić information content (AvgIpc) is 3.03. The topological polar surface area (TPSA) is 85.4 Å². The van der Waals surface area contributed by atoms with E-state index in [-0.39, 0.29) is 18.0 Å². The van der Waals surface area contributed by atoms with E-state index in [1.807, 2.05) is 42.6 Å². The van der Waals surface area contributed by atoms with Gasteiger partial charge in [0.2, 0.25) is 5.91 Å². The number of halogens is 1. The summed E-state index contributed by atoms with van der Waals surface area (Å²) in [5.74, 6) is 0.0923. The molecule has 1 fully saturated rings. The number of rotatable bonds is 4. The maximum absolute atomic E-state index is 13.2. The van der Waals surface area contributed by atoms with Crippen molar-refractivity contribution >= 4 is 28.2 Å². The lowest BCUT2D eigenvalue weighted by Crippen LogP contribution is -2.58. The van der Waals surface area contributed by atoms with Gasteiger partial charge in [-0.2, -0.15) is 0 Å². The number of hydrogen-bond donors (Lipinski definition) is 2. The first kappa shape index (κ1) is 21.5. The maximum Gasteiger partial charge on any atom is 0.231 e. The summed E-state index contributed by atoms with van der Waals surface area (Å²) in [5, 5.41) is 10.3. The average molecular weight is 476 g/mol. The summed E-state index contributed by atoms with van der Waals surface area (Å²) >= 11 is 3.44. The Morgan fingerprint density at radius 2 is 1.93 bits per heavy atom. The van der Waals surface area contributed by atoms with E-state index in [4.69, 9.17) is 5.73 Å². The van der Waals surface area contributed by atoms with Crippen LogP contribution in [0.25, 0.3) is 0 Å². The van der Waals surface area contributed by atoms with Crippen molar-refractivity contribution in [2.45, 2.75) is 31.5 Å². The van der Waals surface area contributed by atoms with E-state index < -0.39 is 6.10 Å². The standard InChI is InChI=1S/C22H30BrN5O2/c1-14-11-18(29)20-19(14)21(26(2)13-25-20)27-7-9-28(10-8-27)22(30)17(12-24)15-3-5-16(23)6-4-15/h3-6,13-14,17-18,21,29H,7-12,24H2,1-2H3/t14-,17-,18+,21?/m1/s1. The molecule has 0 bridgehead atoms. The molecule has 1 unspecified atom stereocenters. The van der Waals surface area contributed by atoms with Crippen molar-refractivity contribution in [1.82, 2.24) is 14.7 Å². The van der Waals surface area contributed by atoms with Crippen LogP contribution >= 0.6 is 15.9 Å². The fourth-order valence-electron chi connectivity index (χ4n) is 4.94. The van der Waals surface area contributed by atoms with Gasteiger partial charge in [-0.1, -0.05) is 35.0 Å². The number of nitrogens with two attached hydrogens (primary N) is 1. The SMILES string of the molecule is C[C@@H]1C[C@H](O)C2=C1C(N1CCN(C(=O)[C@H](CN)c3ccc(Br)cc3)CC1)N(C)C=N2. The minimum Gasteiger partial charge on any atom is -0.387 e. The molecule has 0 radical (unpaired) electrons. The number of carbonyl (C=O) groups is 1. The number of aliphatic imine (C=N–C) groups is 1. The first-order chi connectivity index (χ1) is 14.4. The van der Waals surface area contributed by atoms with Gasteiger partial charge in [0.25, 0.3) is 0 Å². The lowest BCUT2D eigenvalue weighted by molar-refractivity contribution is -0.135. The summed E-state index contributed by atoms with van der Waals surface area (Å²) < 4.78 is 0.989. The number of nitrogens with zero attached hydrogens (tertiary/aromatic N) is 4. The van der Waals surface area contributed by atoms with E-state index in [1.165, 1.54) is 5.57 Å². The number of benzene rings is 1. The van der Waals surface area contributed by atoms with Crippen LogP contribution in [0.2, 0.25) is 0 Å². The molecular weight excluding hydrogens is 446 g/mol. The summed E-state index contributed by atoms with van der Waals surface area (Å²) in [6.45, 7) is 5.38. The Morgan fingerprint density at radius 3 is 2.57 bits per heavy atom. The van der Waals surface area contributed by atoms with Crippen LogP contribution in [-0.4, -0.2) is 84.1 Å². The van der Waals surface area contributed by atoms with Crippen LogP contribution in [0.4, 0.5) is 0 Å². The van der Waals surface area contributed by atoms with Crippen LogP contribution in [0.1, 0.15) is 24.8 Å². The molecule has 1 saturated heterocycles. The van der Waals surface area contributed by atoms with Crippen molar-refractivity contribution in [3.8, 4) is 0 Å². The number of hydrogen-bond acceptors (Lipinski definition) is 6. The van der Waals surface area contributed by atoms with Gasteiger partial charge in [-0.15, -0.1) is 0 Å². The molecule has 4 rings (SSSR count). The second-order valence-electron chi connectivity index (χ2n) is 8.48. The highest BCUT2D eigenvalue weighted by molar-refractivity contribution is 9.10. The Morgan fingerprint density at radius 1 is 1.27 bits per heavy atom. The van der Waals surface area contributed by atoms with E-state index in [0.717, 1.165) is 35.2 Å². The third-order valence-corrected chi connectivity index (χ3v) is 7.07. The molecule has 8 heteroatoms. The highest BCUT2D eigenvalue weighted by Gasteiger charge is 2.41. The summed E-state index contributed by atoms with van der Waals surface area (Å²) in [5.41, 5.74) is 9.00. The Kier molecular flexibility index (Phi) is 6.29. The number of likely N-dealkylation sites (N-methyl/N-ethyl adjacent to an activating group) is 1. The van der Waals surface area contributed by atoms with Gasteiger partial charge in [-0.25, -0.2) is 4.99 Å². The number of aliphatic hydroxyl groups excluding tert-OH is 1. The first-order valence-corrected chi connectivity index (χ1v) is 11.4. The lowest BCUT2D eigenvalue weighted by atomic mass is 9.96. The molecule has 1 amide bonds. The van der Waals surface area contributed by atoms with Gasteiger partial charge >= 0.3 is 0 Å². The fraction of sp³-hybridized carbons (Fsp3) is 0.545. The van der Waals surface area contributed by atoms with Gasteiger partial charge in [0.1, 0.15) is 6.17 Å². The van der Waals surface area contributed by atoms with Gasteiger partial charge in [-0.3, -0.25) is 9.69 Å². The monoisotopic (exact) mass is 475 g/mol. The first-order valence-electron chi connectivity index (χ1n) is 10.6. The van der Waals surface area contributed by atoms with E-state index in [0.29, 0.717) is 25.6 Å². The van der Waals surface area contributed by atoms with Crippen LogP contribution in [-0.2, 0) is 4.79 Å². The molecule has 3 aliphatic rings. The van der Waals surface area contributed by atoms with E-state index >= 15 is 0 Å². The van der Waals surface area contributed by atoms with Crippen molar-refractivity contribution in [3.63, 3.8) is 0 Å². The quantitative estimate of drug-likeness (QED) is 0.690. The Hall–Kier alpha value is -1.74. The zero-order valence-electron chi connectivity index (χ0n) is 17.5. The lowest BCUT2D eigenvalue weighted by Gasteiger charge is -2.45. The molecule has 2 heterocycles. The number of piperazine rings is 1. The van der Waals surface area contributed by atoms with Crippen molar-refractivity contribution in [2.24, 2.45) is 16.6 Å². The van der Waals surface area contributed by atoms with Crippen molar-refractivity contribution in [1.29, 1.82) is 0 Å². The van der Waals surface area contributed by atoms with Gasteiger partial charge < -0.3 is 20.6 Å². The molecule has 0 saturated carbocycles. The Bertz CT molecular complexity index is 848. The molecular formula is C22H30BrN5O2. The summed E-state index contributed by atoms with van der Waals surface area (Å²) in [6.07, 6.45) is 2.18. The highest BCUT2D eigenvalue weighted by Crippen LogP contribution is 2.39. The summed E-state index contributed by atoms with van der Waals surface area (Å²) in [4.78, 5) is 24.1. The van der Waals surface area contributed by atoms with E-state index in [9.17, 15) is 9.90 Å². The molecule has 4 atom stereocenters. The van der Waals surface area contributed by atoms with Crippen LogP contribution < -0.4 is 5.73 Å². The zero-order valence-corrected chi connectivity index (χ0v) is 19.1. The minimum atomic E-state index is -0.471. The predicted molar refractivity (Wildman–Crippen MR) is 121 cm³/mol. The zero-order chi connectivity index (χ0) is 21.4. The second kappa shape index (κ2) is 8.78. The summed E-state index contributed by atoms with van der Waals surface area (Å²) in [7, 11) is 2.03. The smallest absolute Gasteiger partial charge is 0.231 e. The van der Waals surface area contributed by atoms with Crippen molar-refractivity contribution < 1.29 is 9.90 Å². The van der Waals surface area contributed by atoms with Crippen molar-refractivity contribution in [2.75, 3.05) is 39.8 Å². The second-order valence-corrected chi connectivity index (χ2v) is 9.39. The van der Waals surface area contributed by atoms with E-state index in [1.54, 1.807) is 0 Å². The third kappa shape index (κ3) is 3.93. The predicted octanol–water partition coefficient (Wildman–Crippen LogP) is 1.59. The van der Waals surface area contributed by atoms with Crippen LogP contribution in [0.15, 0.2) is 45.0 Å². The van der Waals surface area contributed by atoms with Crippen LogP contribution in [0.3, 0.4) is 0 Å². The molecule has 30 heavy (non-hydrogen) atoms. The molecule has 1 aliphatic carbocycles. The molecule has 7 nitrogen and oxygen atoms in total. The molecule has 0 aromatic heterocycles. The molecule has 0 spiro atoms. The Labute approximate surface area is 186 Å². The molecule has 3 N–H and O–H groups in total. The Balaban J connectivity index is 1.44. The molecule has 1 aromatic rings. The van der Waals surface area contributed by atoms with Crippen LogP contribution in [0, 0.1) is 5.92 Å². The largest absolute Gasteiger partial charge is 0.387 e. The maximum atomic E-state index is 13.2. The van der Waals surface area contributed by atoms with Crippen LogP contribution in [0.5, 0.6) is 0 Å². The molecule has 162 valence electrons. The van der Waals surface area contributed by atoms with Crippen molar-refractivity contribution in [3.05, 3.63) is 45.6 Å². The normalized spacial score (nSPS) is 28.1. The molecule has 2 aliphatic heterocycles. The van der Waals surface area contributed by atoms with Gasteiger partial charge in [0.15, 0.2) is 0 Å². The third-order valence-electron chi connectivity index (χ3n) is 6.54. The number of carbonyl (C=O) groups excluding carboxylic acids is 1. The summed E-state index contributed by atoms with van der Waals surface area (Å²) in [6, 6.07) is 7.83. The van der Waals surface area contributed by atoms with Gasteiger partial charge in [0.05, 0.1) is 24.1 Å². The van der Waals surface area contributed by atoms with Gasteiger partial charge in [0, 0.05) is 44.2 Å². The number of amides is 1. The molecule has 1 aromatic carbocycles. The highest BCUT2D eigenvalue weighted by atomic mass is 79.9. The van der Waals surface area contributed by atoms with E-state index in [2.05, 4.69) is 37.6 Å². The fourth-order valence-corrected chi connectivity index (χ4v) is 5.20. The minimum absolute atomic E-state index is 0.0960. The van der Waals surface area contributed by atoms with Gasteiger partial charge in [-0.05, 0) is 35.6 Å². The number of aliphatic hydroxyl groups is 1.